The van der Waals surface area contributed by atoms with Crippen molar-refractivity contribution in [2.45, 2.75) is 51.2 Å². The van der Waals surface area contributed by atoms with E-state index in [-0.39, 0.29) is 12.1 Å². The molecule has 2 rings (SSSR count). The number of aryl methyl sites for hydroxylation is 2. The molecule has 1 aliphatic rings. The van der Waals surface area contributed by atoms with Gasteiger partial charge in [0.1, 0.15) is 5.82 Å². The molecule has 102 valence electrons. The highest BCUT2D eigenvalue weighted by Crippen LogP contribution is 2.31. The van der Waals surface area contributed by atoms with Crippen LogP contribution in [0, 0.1) is 0 Å². The Morgan fingerprint density at radius 2 is 2.11 bits per heavy atom. The maximum atomic E-state index is 10.1. The van der Waals surface area contributed by atoms with Gasteiger partial charge >= 0.3 is 0 Å². The zero-order valence-corrected chi connectivity index (χ0v) is 11.6. The number of nitrogens with zero attached hydrogens (tertiary/aromatic N) is 3. The molecule has 1 fully saturated rings. The third-order valence-corrected chi connectivity index (χ3v) is 3.99. The van der Waals surface area contributed by atoms with Gasteiger partial charge in [-0.15, -0.1) is 0 Å². The van der Waals surface area contributed by atoms with Gasteiger partial charge in [-0.2, -0.15) is 5.10 Å². The van der Waals surface area contributed by atoms with Crippen molar-refractivity contribution in [2.24, 2.45) is 7.05 Å². The second-order valence-electron chi connectivity index (χ2n) is 5.19. The number of aromatic nitrogens is 2. The molecule has 1 aliphatic carbocycles. The number of aliphatic hydroxyl groups is 1. The molecule has 2 unspecified atom stereocenters. The first kappa shape index (κ1) is 13.2. The molecule has 5 nitrogen and oxygen atoms in total. The summed E-state index contributed by atoms with van der Waals surface area (Å²) in [6, 6.07) is 0.154. The Morgan fingerprint density at radius 1 is 1.44 bits per heavy atom. The van der Waals surface area contributed by atoms with Crippen molar-refractivity contribution in [3.8, 4) is 0 Å². The lowest BCUT2D eigenvalue weighted by Crippen LogP contribution is -2.44. The predicted molar refractivity (Wildman–Crippen MR) is 73.7 cm³/mol. The maximum Gasteiger partial charge on any atom is 0.150 e. The summed E-state index contributed by atoms with van der Waals surface area (Å²) in [7, 11) is 3.92. The van der Waals surface area contributed by atoms with E-state index in [0.29, 0.717) is 0 Å². The van der Waals surface area contributed by atoms with Crippen molar-refractivity contribution in [3.05, 3.63) is 5.69 Å². The first-order valence-electron chi connectivity index (χ1n) is 6.78. The molecule has 1 aromatic heterocycles. The van der Waals surface area contributed by atoms with E-state index in [1.807, 2.05) is 18.8 Å². The number of nitrogens with two attached hydrogens (primary N) is 1. The molecule has 2 atom stereocenters. The average Bonchev–Trinajstić information content (AvgIpc) is 2.64. The molecule has 0 radical (unpaired) electrons. The van der Waals surface area contributed by atoms with Crippen LogP contribution in [0.1, 0.15) is 38.3 Å². The minimum atomic E-state index is -0.261. The number of likely N-dealkylation sites (N-methyl/N-ethyl adjacent to an activating group) is 1. The van der Waals surface area contributed by atoms with Gasteiger partial charge in [0.25, 0.3) is 0 Å². The summed E-state index contributed by atoms with van der Waals surface area (Å²) in [6.45, 7) is 2.05. The summed E-state index contributed by atoms with van der Waals surface area (Å²) < 4.78 is 1.83. The average molecular weight is 252 g/mol. The fraction of sp³-hybridized carbons (Fsp3) is 0.769. The molecular weight excluding hydrogens is 228 g/mol. The van der Waals surface area contributed by atoms with Crippen LogP contribution in [0.2, 0.25) is 0 Å². The summed E-state index contributed by atoms with van der Waals surface area (Å²) in [4.78, 5) is 2.10. The van der Waals surface area contributed by atoms with Crippen LogP contribution in [-0.4, -0.2) is 34.1 Å². The van der Waals surface area contributed by atoms with Crippen molar-refractivity contribution in [2.75, 3.05) is 17.7 Å². The predicted octanol–water partition coefficient (Wildman–Crippen LogP) is 1.30. The molecule has 1 heterocycles. The van der Waals surface area contributed by atoms with Gasteiger partial charge in [0, 0.05) is 14.1 Å². The molecule has 0 saturated heterocycles. The second-order valence-corrected chi connectivity index (χ2v) is 5.19. The minimum Gasteiger partial charge on any atom is -0.394 e. The Balaban J connectivity index is 2.27. The Bertz CT molecular complexity index is 415. The molecule has 0 spiro atoms. The van der Waals surface area contributed by atoms with Gasteiger partial charge in [-0.3, -0.25) is 4.68 Å². The van der Waals surface area contributed by atoms with E-state index >= 15 is 0 Å². The van der Waals surface area contributed by atoms with Crippen LogP contribution in [0.15, 0.2) is 0 Å². The van der Waals surface area contributed by atoms with Gasteiger partial charge < -0.3 is 15.7 Å². The van der Waals surface area contributed by atoms with Crippen molar-refractivity contribution in [3.63, 3.8) is 0 Å². The first-order valence-corrected chi connectivity index (χ1v) is 6.78. The number of rotatable bonds is 3. The molecule has 0 aromatic carbocycles. The Kier molecular flexibility index (Phi) is 3.80. The Hall–Kier alpha value is -1.23. The molecule has 0 bridgehead atoms. The number of hydrogen-bond acceptors (Lipinski definition) is 4. The van der Waals surface area contributed by atoms with Gasteiger partial charge in [-0.1, -0.05) is 19.8 Å². The maximum absolute atomic E-state index is 10.1. The minimum absolute atomic E-state index is 0.154. The fourth-order valence-electron chi connectivity index (χ4n) is 2.97. The highest BCUT2D eigenvalue weighted by atomic mass is 16.3. The summed E-state index contributed by atoms with van der Waals surface area (Å²) in [6.07, 6.45) is 4.76. The second kappa shape index (κ2) is 5.18. The summed E-state index contributed by atoms with van der Waals surface area (Å²) in [5.74, 6) is 0.929. The number of aliphatic hydroxyl groups excluding tert-OH is 1. The molecule has 18 heavy (non-hydrogen) atoms. The van der Waals surface area contributed by atoms with E-state index < -0.39 is 0 Å². The zero-order chi connectivity index (χ0) is 13.3. The topological polar surface area (TPSA) is 67.3 Å². The normalized spacial score (nSPS) is 24.2. The van der Waals surface area contributed by atoms with Crippen molar-refractivity contribution in [1.82, 2.24) is 9.78 Å². The zero-order valence-electron chi connectivity index (χ0n) is 11.6. The standard InChI is InChI=1S/C13H24N4O/c1-4-9-12(14)13(17(3)15-9)16(2)10-7-5-6-8-11(10)18/h10-11,18H,4-8,14H2,1-3H3. The van der Waals surface area contributed by atoms with Gasteiger partial charge in [-0.05, 0) is 19.3 Å². The first-order chi connectivity index (χ1) is 8.56. The van der Waals surface area contributed by atoms with Crippen LogP contribution in [-0.2, 0) is 13.5 Å². The van der Waals surface area contributed by atoms with E-state index in [4.69, 9.17) is 5.73 Å². The van der Waals surface area contributed by atoms with E-state index in [1.54, 1.807) is 0 Å². The van der Waals surface area contributed by atoms with E-state index in [9.17, 15) is 5.11 Å². The molecule has 0 aliphatic heterocycles. The highest BCUT2D eigenvalue weighted by molar-refractivity contribution is 5.66. The van der Waals surface area contributed by atoms with Crippen molar-refractivity contribution < 1.29 is 5.11 Å². The SMILES string of the molecule is CCc1nn(C)c(N(C)C2CCCCC2O)c1N. The van der Waals surface area contributed by atoms with Crippen molar-refractivity contribution in [1.29, 1.82) is 0 Å². The number of hydrogen-bond donors (Lipinski definition) is 2. The molecule has 5 heteroatoms. The van der Waals surface area contributed by atoms with E-state index in [1.165, 1.54) is 6.42 Å². The van der Waals surface area contributed by atoms with Crippen LogP contribution in [0.4, 0.5) is 11.5 Å². The monoisotopic (exact) mass is 252 g/mol. The van der Waals surface area contributed by atoms with E-state index in [0.717, 1.165) is 42.9 Å². The molecule has 1 aromatic rings. The molecular formula is C13H24N4O. The molecule has 0 amide bonds. The lowest BCUT2D eigenvalue weighted by atomic mass is 9.91. The quantitative estimate of drug-likeness (QED) is 0.851. The lowest BCUT2D eigenvalue weighted by Gasteiger charge is -2.36. The van der Waals surface area contributed by atoms with Crippen molar-refractivity contribution >= 4 is 11.5 Å². The Labute approximate surface area is 109 Å². The van der Waals surface area contributed by atoms with Crippen LogP contribution in [0.5, 0.6) is 0 Å². The van der Waals surface area contributed by atoms with Crippen LogP contribution < -0.4 is 10.6 Å². The highest BCUT2D eigenvalue weighted by Gasteiger charge is 2.29. The van der Waals surface area contributed by atoms with Crippen LogP contribution >= 0.6 is 0 Å². The molecule has 3 N–H and O–H groups in total. The number of anilines is 2. The molecule has 1 saturated carbocycles. The van der Waals surface area contributed by atoms with E-state index in [2.05, 4.69) is 16.9 Å². The smallest absolute Gasteiger partial charge is 0.150 e. The summed E-state index contributed by atoms with van der Waals surface area (Å²) in [5, 5.41) is 14.6. The summed E-state index contributed by atoms with van der Waals surface area (Å²) in [5.41, 5.74) is 7.85. The third-order valence-electron chi connectivity index (χ3n) is 3.99. The van der Waals surface area contributed by atoms with Crippen LogP contribution in [0.25, 0.3) is 0 Å². The van der Waals surface area contributed by atoms with Gasteiger partial charge in [0.2, 0.25) is 0 Å². The number of nitrogen functional groups attached to an aromatic ring is 1. The fourth-order valence-corrected chi connectivity index (χ4v) is 2.97. The third kappa shape index (κ3) is 2.19. The Morgan fingerprint density at radius 3 is 2.67 bits per heavy atom. The van der Waals surface area contributed by atoms with Gasteiger partial charge in [-0.25, -0.2) is 0 Å². The van der Waals surface area contributed by atoms with Gasteiger partial charge in [0.05, 0.1) is 23.5 Å². The summed E-state index contributed by atoms with van der Waals surface area (Å²) >= 11 is 0. The van der Waals surface area contributed by atoms with Gasteiger partial charge in [0.15, 0.2) is 0 Å². The van der Waals surface area contributed by atoms with Crippen LogP contribution in [0.3, 0.4) is 0 Å². The lowest BCUT2D eigenvalue weighted by molar-refractivity contribution is 0.106. The largest absolute Gasteiger partial charge is 0.394 e.